The van der Waals surface area contributed by atoms with Crippen molar-refractivity contribution < 1.29 is 13.7 Å². The zero-order valence-electron chi connectivity index (χ0n) is 16.1. The molecule has 3 aromatic rings. The molecule has 1 saturated heterocycles. The van der Waals surface area contributed by atoms with Gasteiger partial charge in [0.1, 0.15) is 5.82 Å². The molecule has 1 aliphatic rings. The number of amides is 1. The fourth-order valence-electron chi connectivity index (χ4n) is 3.82. The maximum absolute atomic E-state index is 13.2. The number of piperidine rings is 1. The molecule has 0 saturated carbocycles. The van der Waals surface area contributed by atoms with Gasteiger partial charge >= 0.3 is 0 Å². The van der Waals surface area contributed by atoms with Gasteiger partial charge in [0.05, 0.1) is 29.4 Å². The lowest BCUT2D eigenvalue weighted by Gasteiger charge is -2.35. The Labute approximate surface area is 162 Å². The van der Waals surface area contributed by atoms with Gasteiger partial charge in [0, 0.05) is 25.9 Å². The van der Waals surface area contributed by atoms with Crippen molar-refractivity contribution in [2.75, 3.05) is 6.54 Å². The maximum atomic E-state index is 13.2. The van der Waals surface area contributed by atoms with Gasteiger partial charge in [0.2, 0.25) is 5.91 Å². The van der Waals surface area contributed by atoms with Crippen LogP contribution in [0.2, 0.25) is 0 Å². The average molecular weight is 382 g/mol. The minimum absolute atomic E-state index is 0.0293. The lowest BCUT2D eigenvalue weighted by Crippen LogP contribution is -2.39. The summed E-state index contributed by atoms with van der Waals surface area (Å²) in [4.78, 5) is 15.0. The van der Waals surface area contributed by atoms with E-state index in [4.69, 9.17) is 4.52 Å². The smallest absolute Gasteiger partial charge is 0.227 e. The first kappa shape index (κ1) is 18.4. The highest BCUT2D eigenvalue weighted by Gasteiger charge is 2.32. The number of carbonyl (C=O) groups is 1. The third kappa shape index (κ3) is 3.69. The summed E-state index contributed by atoms with van der Waals surface area (Å²) in [5.41, 5.74) is 3.32. The minimum Gasteiger partial charge on any atom is -0.356 e. The lowest BCUT2D eigenvalue weighted by molar-refractivity contribution is -0.134. The lowest BCUT2D eigenvalue weighted by atomic mass is 9.95. The predicted molar refractivity (Wildman–Crippen MR) is 102 cm³/mol. The van der Waals surface area contributed by atoms with Crippen LogP contribution in [-0.4, -0.2) is 32.3 Å². The molecule has 7 heteroatoms. The number of aromatic nitrogens is 3. The van der Waals surface area contributed by atoms with Gasteiger partial charge in [-0.15, -0.1) is 0 Å². The van der Waals surface area contributed by atoms with Crippen LogP contribution in [0.4, 0.5) is 4.39 Å². The molecular formula is C21H23FN4O2. The van der Waals surface area contributed by atoms with Crippen molar-refractivity contribution in [2.45, 2.75) is 38.6 Å². The molecule has 3 heterocycles. The molecule has 0 unspecified atom stereocenters. The Balaban J connectivity index is 1.62. The molecule has 0 aliphatic carbocycles. The number of benzene rings is 1. The second-order valence-corrected chi connectivity index (χ2v) is 7.34. The van der Waals surface area contributed by atoms with E-state index in [9.17, 15) is 9.18 Å². The minimum atomic E-state index is -0.299. The third-order valence-electron chi connectivity index (χ3n) is 5.16. The van der Waals surface area contributed by atoms with Gasteiger partial charge in [-0.1, -0.05) is 17.3 Å². The Kier molecular flexibility index (Phi) is 4.98. The molecule has 1 amide bonds. The Morgan fingerprint density at radius 1 is 1.29 bits per heavy atom. The van der Waals surface area contributed by atoms with Crippen LogP contribution in [-0.2, 0) is 18.3 Å². The zero-order chi connectivity index (χ0) is 19.7. The van der Waals surface area contributed by atoms with Gasteiger partial charge in [0.15, 0.2) is 5.76 Å². The number of hydrogen-bond acceptors (Lipinski definition) is 4. The van der Waals surface area contributed by atoms with Gasteiger partial charge in [-0.05, 0) is 43.9 Å². The number of likely N-dealkylation sites (tertiary alicyclic amines) is 1. The standard InChI is InChI=1S/C21H23FN4O2/c1-14-11-19(28-24-14)17-13-25(2)23-21(17)18-5-3-4-10-26(18)20(27)12-15-6-8-16(22)9-7-15/h6-9,11,13,18H,3-5,10,12H2,1-2H3/t18-/m1/s1. The van der Waals surface area contributed by atoms with Crippen LogP contribution in [0.1, 0.15) is 42.3 Å². The Bertz CT molecular complexity index is 977. The Hall–Kier alpha value is -2.96. The third-order valence-corrected chi connectivity index (χ3v) is 5.16. The summed E-state index contributed by atoms with van der Waals surface area (Å²) in [6, 6.07) is 7.88. The number of halogens is 1. The van der Waals surface area contributed by atoms with Crippen LogP contribution in [0.5, 0.6) is 0 Å². The van der Waals surface area contributed by atoms with Crippen LogP contribution in [0.15, 0.2) is 41.1 Å². The fourth-order valence-corrected chi connectivity index (χ4v) is 3.82. The van der Waals surface area contributed by atoms with Crippen LogP contribution in [0.3, 0.4) is 0 Å². The monoisotopic (exact) mass is 382 g/mol. The van der Waals surface area contributed by atoms with Gasteiger partial charge in [-0.3, -0.25) is 9.48 Å². The number of nitrogens with zero attached hydrogens (tertiary/aromatic N) is 4. The van der Waals surface area contributed by atoms with E-state index in [1.165, 1.54) is 12.1 Å². The molecule has 2 aromatic heterocycles. The number of carbonyl (C=O) groups excluding carboxylic acids is 1. The summed E-state index contributed by atoms with van der Waals surface area (Å²) in [6.07, 6.45) is 5.02. The van der Waals surface area contributed by atoms with Crippen molar-refractivity contribution >= 4 is 5.91 Å². The van der Waals surface area contributed by atoms with Crippen molar-refractivity contribution in [1.82, 2.24) is 19.8 Å². The Morgan fingerprint density at radius 2 is 2.07 bits per heavy atom. The van der Waals surface area contributed by atoms with E-state index in [-0.39, 0.29) is 24.2 Å². The van der Waals surface area contributed by atoms with Crippen molar-refractivity contribution in [3.05, 3.63) is 59.3 Å². The van der Waals surface area contributed by atoms with Crippen LogP contribution >= 0.6 is 0 Å². The molecule has 4 rings (SSSR count). The van der Waals surface area contributed by atoms with Crippen molar-refractivity contribution in [3.63, 3.8) is 0 Å². The molecule has 0 N–H and O–H groups in total. The average Bonchev–Trinajstić information content (AvgIpc) is 3.29. The van der Waals surface area contributed by atoms with Crippen molar-refractivity contribution in [1.29, 1.82) is 0 Å². The second kappa shape index (κ2) is 7.58. The quantitative estimate of drug-likeness (QED) is 0.688. The summed E-state index contributed by atoms with van der Waals surface area (Å²) in [6.45, 7) is 2.57. The second-order valence-electron chi connectivity index (χ2n) is 7.34. The summed E-state index contributed by atoms with van der Waals surface area (Å²) >= 11 is 0. The summed E-state index contributed by atoms with van der Waals surface area (Å²) < 4.78 is 20.4. The Morgan fingerprint density at radius 3 is 2.79 bits per heavy atom. The molecule has 1 fully saturated rings. The highest BCUT2D eigenvalue weighted by atomic mass is 19.1. The molecule has 146 valence electrons. The SMILES string of the molecule is Cc1cc(-c2cn(C)nc2[C@H]2CCCCN2C(=O)Cc2ccc(F)cc2)on1. The molecule has 1 aliphatic heterocycles. The van der Waals surface area contributed by atoms with Gasteiger partial charge in [-0.25, -0.2) is 4.39 Å². The molecule has 0 bridgehead atoms. The number of aryl methyl sites for hydroxylation is 2. The topological polar surface area (TPSA) is 64.2 Å². The van der Waals surface area contributed by atoms with E-state index in [0.29, 0.717) is 12.3 Å². The van der Waals surface area contributed by atoms with Crippen LogP contribution < -0.4 is 0 Å². The zero-order valence-corrected chi connectivity index (χ0v) is 16.1. The molecule has 0 spiro atoms. The van der Waals surface area contributed by atoms with Gasteiger partial charge in [-0.2, -0.15) is 5.10 Å². The first-order chi connectivity index (χ1) is 13.5. The molecule has 1 atom stereocenters. The predicted octanol–water partition coefficient (Wildman–Crippen LogP) is 3.82. The van der Waals surface area contributed by atoms with Crippen molar-refractivity contribution in [3.8, 4) is 11.3 Å². The van der Waals surface area contributed by atoms with Crippen LogP contribution in [0, 0.1) is 12.7 Å². The summed E-state index contributed by atoms with van der Waals surface area (Å²) in [5, 5.41) is 8.64. The molecule has 1 aromatic carbocycles. The first-order valence-corrected chi connectivity index (χ1v) is 9.52. The van der Waals surface area contributed by atoms with Gasteiger partial charge < -0.3 is 9.42 Å². The van der Waals surface area contributed by atoms with Gasteiger partial charge in [0.25, 0.3) is 0 Å². The highest BCUT2D eigenvalue weighted by molar-refractivity contribution is 5.79. The molecular weight excluding hydrogens is 359 g/mol. The molecule has 0 radical (unpaired) electrons. The molecule has 28 heavy (non-hydrogen) atoms. The van der Waals surface area contributed by atoms with Crippen LogP contribution in [0.25, 0.3) is 11.3 Å². The van der Waals surface area contributed by atoms with Crippen molar-refractivity contribution in [2.24, 2.45) is 7.05 Å². The maximum Gasteiger partial charge on any atom is 0.227 e. The van der Waals surface area contributed by atoms with E-state index in [1.807, 2.05) is 31.1 Å². The van der Waals surface area contributed by atoms with E-state index in [2.05, 4.69) is 10.3 Å². The molecule has 6 nitrogen and oxygen atoms in total. The normalized spacial score (nSPS) is 17.1. The highest BCUT2D eigenvalue weighted by Crippen LogP contribution is 2.36. The largest absolute Gasteiger partial charge is 0.356 e. The first-order valence-electron chi connectivity index (χ1n) is 9.52. The number of hydrogen-bond donors (Lipinski definition) is 0. The summed E-state index contributed by atoms with van der Waals surface area (Å²) in [7, 11) is 1.86. The van der Waals surface area contributed by atoms with E-state index in [1.54, 1.807) is 16.8 Å². The number of rotatable bonds is 4. The van der Waals surface area contributed by atoms with E-state index < -0.39 is 0 Å². The van der Waals surface area contributed by atoms with E-state index >= 15 is 0 Å². The fraction of sp³-hybridized carbons (Fsp3) is 0.381. The summed E-state index contributed by atoms with van der Waals surface area (Å²) in [5.74, 6) is 0.395. The van der Waals surface area contributed by atoms with E-state index in [0.717, 1.165) is 41.8 Å².